The molecule has 0 aliphatic carbocycles. The Morgan fingerprint density at radius 3 is 2.63 bits per heavy atom. The summed E-state index contributed by atoms with van der Waals surface area (Å²) in [4.78, 5) is 22.8. The Morgan fingerprint density at radius 1 is 1.37 bits per heavy atom. The highest BCUT2D eigenvalue weighted by Crippen LogP contribution is 2.23. The first-order chi connectivity index (χ1) is 8.95. The van der Waals surface area contributed by atoms with Crippen molar-refractivity contribution in [3.63, 3.8) is 0 Å². The predicted molar refractivity (Wildman–Crippen MR) is 74.5 cm³/mol. The van der Waals surface area contributed by atoms with Crippen LogP contribution in [-0.2, 0) is 4.79 Å². The van der Waals surface area contributed by atoms with Gasteiger partial charge in [0.1, 0.15) is 5.75 Å². The van der Waals surface area contributed by atoms with Crippen LogP contribution in [0.5, 0.6) is 5.75 Å². The van der Waals surface area contributed by atoms with Gasteiger partial charge in [-0.05, 0) is 31.4 Å². The smallest absolute Gasteiger partial charge is 0.260 e. The monoisotopic (exact) mass is 263 g/mol. The predicted octanol–water partition coefficient (Wildman–Crippen LogP) is 2.35. The quantitative estimate of drug-likeness (QED) is 0.801. The molecule has 4 heteroatoms. The van der Waals surface area contributed by atoms with Crippen LogP contribution in [0.4, 0.5) is 0 Å². The molecule has 104 valence electrons. The maximum atomic E-state index is 11.8. The van der Waals surface area contributed by atoms with Gasteiger partial charge in [0, 0.05) is 6.54 Å². The Balaban J connectivity index is 2.74. The van der Waals surface area contributed by atoms with Crippen LogP contribution in [-0.4, -0.2) is 24.8 Å². The number of aldehydes is 1. The number of rotatable bonds is 6. The number of benzene rings is 1. The molecule has 0 heterocycles. The second-order valence-electron chi connectivity index (χ2n) is 5.01. The summed E-state index contributed by atoms with van der Waals surface area (Å²) in [6.07, 6.45) is 0.111. The number of amides is 1. The number of carbonyl (C=O) groups excluding carboxylic acids is 2. The van der Waals surface area contributed by atoms with E-state index in [-0.39, 0.29) is 5.91 Å². The minimum atomic E-state index is -0.626. The number of hydrogen-bond acceptors (Lipinski definition) is 3. The zero-order valence-electron chi connectivity index (χ0n) is 11.9. The highest BCUT2D eigenvalue weighted by molar-refractivity contribution is 5.83. The minimum absolute atomic E-state index is 0.172. The normalized spacial score (nSPS) is 12.1. The van der Waals surface area contributed by atoms with Crippen LogP contribution in [0.15, 0.2) is 18.2 Å². The van der Waals surface area contributed by atoms with E-state index in [0.29, 0.717) is 23.8 Å². The largest absolute Gasteiger partial charge is 0.480 e. The van der Waals surface area contributed by atoms with E-state index in [1.807, 2.05) is 26.8 Å². The van der Waals surface area contributed by atoms with Crippen LogP contribution >= 0.6 is 0 Å². The van der Waals surface area contributed by atoms with Crippen molar-refractivity contribution in [2.45, 2.75) is 33.8 Å². The summed E-state index contributed by atoms with van der Waals surface area (Å²) in [6.45, 7) is 8.19. The van der Waals surface area contributed by atoms with Gasteiger partial charge < -0.3 is 10.1 Å². The number of ether oxygens (including phenoxy) is 1. The number of aryl methyl sites for hydroxylation is 1. The van der Waals surface area contributed by atoms with E-state index in [1.54, 1.807) is 19.1 Å². The summed E-state index contributed by atoms with van der Waals surface area (Å²) < 4.78 is 5.62. The molecule has 19 heavy (non-hydrogen) atoms. The van der Waals surface area contributed by atoms with Crippen LogP contribution in [0.2, 0.25) is 0 Å². The number of carbonyl (C=O) groups is 2. The highest BCUT2D eigenvalue weighted by Gasteiger charge is 2.17. The third kappa shape index (κ3) is 4.39. The molecule has 0 fully saturated rings. The van der Waals surface area contributed by atoms with Gasteiger partial charge >= 0.3 is 0 Å². The first kappa shape index (κ1) is 15.2. The second-order valence-corrected chi connectivity index (χ2v) is 5.01. The lowest BCUT2D eigenvalue weighted by Gasteiger charge is -2.18. The topological polar surface area (TPSA) is 55.4 Å². The molecule has 0 aliphatic heterocycles. The van der Waals surface area contributed by atoms with Crippen molar-refractivity contribution in [1.82, 2.24) is 5.32 Å². The van der Waals surface area contributed by atoms with Crippen molar-refractivity contribution in [2.24, 2.45) is 5.92 Å². The average Bonchev–Trinajstić information content (AvgIpc) is 2.37. The fraction of sp³-hybridized carbons (Fsp3) is 0.467. The Morgan fingerprint density at radius 2 is 2.05 bits per heavy atom. The summed E-state index contributed by atoms with van der Waals surface area (Å²) in [5, 5.41) is 2.81. The van der Waals surface area contributed by atoms with Gasteiger partial charge in [0.2, 0.25) is 0 Å². The van der Waals surface area contributed by atoms with Crippen LogP contribution in [0, 0.1) is 12.8 Å². The van der Waals surface area contributed by atoms with E-state index in [1.165, 1.54) is 0 Å². The average molecular weight is 263 g/mol. The molecule has 1 N–H and O–H groups in total. The molecule has 0 bridgehead atoms. The number of hydrogen-bond donors (Lipinski definition) is 1. The van der Waals surface area contributed by atoms with E-state index in [2.05, 4.69) is 5.32 Å². The molecule has 1 rings (SSSR count). The fourth-order valence-electron chi connectivity index (χ4n) is 1.61. The third-order valence-corrected chi connectivity index (χ3v) is 2.72. The Hall–Kier alpha value is -1.84. The summed E-state index contributed by atoms with van der Waals surface area (Å²) in [5.41, 5.74) is 1.30. The van der Waals surface area contributed by atoms with Crippen molar-refractivity contribution in [2.75, 3.05) is 6.54 Å². The summed E-state index contributed by atoms with van der Waals surface area (Å²) in [6, 6.07) is 5.31. The molecule has 0 radical (unpaired) electrons. The van der Waals surface area contributed by atoms with Crippen molar-refractivity contribution in [1.29, 1.82) is 0 Å². The van der Waals surface area contributed by atoms with Crippen LogP contribution < -0.4 is 10.1 Å². The van der Waals surface area contributed by atoms with Crippen LogP contribution in [0.3, 0.4) is 0 Å². The van der Waals surface area contributed by atoms with Gasteiger partial charge in [-0.15, -0.1) is 0 Å². The van der Waals surface area contributed by atoms with Gasteiger partial charge in [0.05, 0.1) is 5.56 Å². The van der Waals surface area contributed by atoms with Crippen molar-refractivity contribution >= 4 is 12.2 Å². The molecular weight excluding hydrogens is 242 g/mol. The molecule has 1 aromatic carbocycles. The SMILES string of the molecule is Cc1cccc(C=O)c1OC(C)C(=O)NCC(C)C. The summed E-state index contributed by atoms with van der Waals surface area (Å²) in [7, 11) is 0. The highest BCUT2D eigenvalue weighted by atomic mass is 16.5. The molecule has 0 aliphatic rings. The molecule has 1 amide bonds. The van der Waals surface area contributed by atoms with Crippen LogP contribution in [0.1, 0.15) is 36.7 Å². The fourth-order valence-corrected chi connectivity index (χ4v) is 1.61. The van der Waals surface area contributed by atoms with Crippen molar-refractivity contribution < 1.29 is 14.3 Å². The Kier molecular flexibility index (Phi) is 5.55. The van der Waals surface area contributed by atoms with Gasteiger partial charge in [-0.2, -0.15) is 0 Å². The molecule has 0 spiro atoms. The van der Waals surface area contributed by atoms with Gasteiger partial charge in [0.25, 0.3) is 5.91 Å². The van der Waals surface area contributed by atoms with E-state index < -0.39 is 6.10 Å². The van der Waals surface area contributed by atoms with Crippen LogP contribution in [0.25, 0.3) is 0 Å². The van der Waals surface area contributed by atoms with E-state index in [4.69, 9.17) is 4.74 Å². The zero-order chi connectivity index (χ0) is 14.4. The first-order valence-corrected chi connectivity index (χ1v) is 6.44. The second kappa shape index (κ2) is 6.92. The van der Waals surface area contributed by atoms with Crippen molar-refractivity contribution in [3.05, 3.63) is 29.3 Å². The van der Waals surface area contributed by atoms with Gasteiger partial charge in [-0.3, -0.25) is 9.59 Å². The van der Waals surface area contributed by atoms with E-state index >= 15 is 0 Å². The summed E-state index contributed by atoms with van der Waals surface area (Å²) >= 11 is 0. The Labute approximate surface area is 114 Å². The maximum absolute atomic E-state index is 11.8. The van der Waals surface area contributed by atoms with Gasteiger partial charge in [0.15, 0.2) is 12.4 Å². The lowest BCUT2D eigenvalue weighted by Crippen LogP contribution is -2.38. The van der Waals surface area contributed by atoms with Crippen molar-refractivity contribution in [3.8, 4) is 5.75 Å². The first-order valence-electron chi connectivity index (χ1n) is 6.44. The summed E-state index contributed by atoms with van der Waals surface area (Å²) in [5.74, 6) is 0.693. The molecule has 1 unspecified atom stereocenters. The maximum Gasteiger partial charge on any atom is 0.260 e. The lowest BCUT2D eigenvalue weighted by molar-refractivity contribution is -0.127. The van der Waals surface area contributed by atoms with Gasteiger partial charge in [-0.25, -0.2) is 0 Å². The molecular formula is C15H21NO3. The van der Waals surface area contributed by atoms with Gasteiger partial charge in [-0.1, -0.05) is 26.0 Å². The lowest BCUT2D eigenvalue weighted by atomic mass is 10.1. The molecule has 1 aromatic rings. The van der Waals surface area contributed by atoms with E-state index in [9.17, 15) is 9.59 Å². The number of nitrogens with one attached hydrogen (secondary N) is 1. The molecule has 0 aromatic heterocycles. The zero-order valence-corrected chi connectivity index (χ0v) is 11.9. The molecule has 0 saturated heterocycles. The molecule has 4 nitrogen and oxygen atoms in total. The molecule has 1 atom stereocenters. The number of para-hydroxylation sites is 1. The standard InChI is InChI=1S/C15H21NO3/c1-10(2)8-16-15(18)12(4)19-14-11(3)6-5-7-13(14)9-17/h5-7,9-10,12H,8H2,1-4H3,(H,16,18). The third-order valence-electron chi connectivity index (χ3n) is 2.72. The minimum Gasteiger partial charge on any atom is -0.480 e. The Bertz CT molecular complexity index is 455. The molecule has 0 saturated carbocycles. The van der Waals surface area contributed by atoms with E-state index in [0.717, 1.165) is 11.8 Å².